The first-order valence-corrected chi connectivity index (χ1v) is 7.57. The molecule has 2 aromatic carbocycles. The van der Waals surface area contributed by atoms with E-state index in [9.17, 15) is 10.1 Å². The number of nitriles is 1. The van der Waals surface area contributed by atoms with Crippen molar-refractivity contribution in [3.8, 4) is 6.07 Å². The van der Waals surface area contributed by atoms with Gasteiger partial charge in [0.2, 0.25) is 0 Å². The van der Waals surface area contributed by atoms with Gasteiger partial charge in [-0.25, -0.2) is 0 Å². The summed E-state index contributed by atoms with van der Waals surface area (Å²) in [5.41, 5.74) is 4.31. The van der Waals surface area contributed by atoms with Gasteiger partial charge in [0.15, 0.2) is 0 Å². The number of aryl methyl sites for hydroxylation is 1. The van der Waals surface area contributed by atoms with E-state index in [1.807, 2.05) is 12.3 Å². The lowest BCUT2D eigenvalue weighted by Crippen LogP contribution is -2.06. The number of hydrogen-bond donors (Lipinski definition) is 2. The van der Waals surface area contributed by atoms with Gasteiger partial charge in [-0.1, -0.05) is 11.6 Å². The molecule has 120 valence electrons. The summed E-state index contributed by atoms with van der Waals surface area (Å²) in [7, 11) is 0. The van der Waals surface area contributed by atoms with Crippen LogP contribution in [-0.2, 0) is 6.42 Å². The van der Waals surface area contributed by atoms with Gasteiger partial charge in [-0.05, 0) is 37.1 Å². The first kappa shape index (κ1) is 15.6. The maximum atomic E-state index is 10.8. The Kier molecular flexibility index (Phi) is 4.17. The number of aromatic nitrogens is 1. The van der Waals surface area contributed by atoms with Gasteiger partial charge in [0.05, 0.1) is 16.2 Å². The van der Waals surface area contributed by atoms with Crippen LogP contribution in [0, 0.1) is 28.4 Å². The molecule has 0 radical (unpaired) electrons. The van der Waals surface area contributed by atoms with E-state index >= 15 is 0 Å². The molecule has 1 heterocycles. The molecule has 0 bridgehead atoms. The smallest absolute Gasteiger partial charge is 0.270 e. The van der Waals surface area contributed by atoms with Crippen LogP contribution in [0.3, 0.4) is 0 Å². The lowest BCUT2D eigenvalue weighted by molar-refractivity contribution is -0.384. The highest BCUT2D eigenvalue weighted by Crippen LogP contribution is 2.23. The summed E-state index contributed by atoms with van der Waals surface area (Å²) in [5.74, 6) is 0. The van der Waals surface area contributed by atoms with E-state index in [0.29, 0.717) is 12.2 Å². The van der Waals surface area contributed by atoms with Gasteiger partial charge in [-0.2, -0.15) is 5.26 Å². The number of nitro benzene ring substituents is 1. The molecular weight excluding hydrogens is 304 g/mol. The van der Waals surface area contributed by atoms with Crippen LogP contribution in [0.4, 0.5) is 11.4 Å². The zero-order valence-corrected chi connectivity index (χ0v) is 13.2. The van der Waals surface area contributed by atoms with E-state index in [4.69, 9.17) is 5.26 Å². The third-order valence-corrected chi connectivity index (χ3v) is 3.97. The molecule has 0 amide bonds. The van der Waals surface area contributed by atoms with Crippen molar-refractivity contribution in [1.29, 1.82) is 5.26 Å². The largest absolute Gasteiger partial charge is 0.384 e. The van der Waals surface area contributed by atoms with Crippen molar-refractivity contribution in [2.24, 2.45) is 0 Å². The van der Waals surface area contributed by atoms with E-state index in [0.717, 1.165) is 11.9 Å². The minimum Gasteiger partial charge on any atom is -0.384 e. The van der Waals surface area contributed by atoms with Crippen LogP contribution in [-0.4, -0.2) is 16.5 Å². The molecule has 0 fully saturated rings. The standard InChI is InChI=1S/C18H16N4O2/c1-12-2-4-18-16(8-12)13(11-21-18)6-7-20-17-5-3-15(22(23)24)9-14(17)10-19/h2-5,8-9,11,20-21H,6-7H2,1H3. The summed E-state index contributed by atoms with van der Waals surface area (Å²) in [6, 6.07) is 12.5. The summed E-state index contributed by atoms with van der Waals surface area (Å²) in [5, 5.41) is 24.3. The molecule has 0 aliphatic heterocycles. The number of anilines is 1. The highest BCUT2D eigenvalue weighted by atomic mass is 16.6. The minimum atomic E-state index is -0.501. The monoisotopic (exact) mass is 320 g/mol. The molecule has 3 rings (SSSR count). The number of rotatable bonds is 5. The van der Waals surface area contributed by atoms with Crippen molar-refractivity contribution >= 4 is 22.3 Å². The van der Waals surface area contributed by atoms with Gasteiger partial charge in [0, 0.05) is 35.8 Å². The Labute approximate surface area is 138 Å². The van der Waals surface area contributed by atoms with Gasteiger partial charge in [-0.3, -0.25) is 10.1 Å². The fourth-order valence-corrected chi connectivity index (χ4v) is 2.72. The van der Waals surface area contributed by atoms with Crippen molar-refractivity contribution < 1.29 is 4.92 Å². The number of nitrogens with one attached hydrogen (secondary N) is 2. The molecule has 24 heavy (non-hydrogen) atoms. The van der Waals surface area contributed by atoms with Gasteiger partial charge in [0.1, 0.15) is 6.07 Å². The van der Waals surface area contributed by atoms with Gasteiger partial charge in [0.25, 0.3) is 5.69 Å². The SMILES string of the molecule is Cc1ccc2[nH]cc(CCNc3ccc([N+](=O)[O-])cc3C#N)c2c1. The fraction of sp³-hybridized carbons (Fsp3) is 0.167. The Morgan fingerprint density at radius 3 is 2.88 bits per heavy atom. The second kappa shape index (κ2) is 6.42. The molecule has 0 spiro atoms. The molecule has 0 aliphatic rings. The Balaban J connectivity index is 1.73. The first-order valence-electron chi connectivity index (χ1n) is 7.57. The number of fused-ring (bicyclic) bond motifs is 1. The second-order valence-electron chi connectivity index (χ2n) is 5.64. The fourth-order valence-electron chi connectivity index (χ4n) is 2.72. The molecule has 0 saturated heterocycles. The van der Waals surface area contributed by atoms with Gasteiger partial charge < -0.3 is 10.3 Å². The molecule has 6 nitrogen and oxygen atoms in total. The number of nitrogens with zero attached hydrogens (tertiary/aromatic N) is 2. The van der Waals surface area contributed by atoms with Crippen LogP contribution in [0.1, 0.15) is 16.7 Å². The number of aromatic amines is 1. The van der Waals surface area contributed by atoms with Crippen LogP contribution in [0.25, 0.3) is 10.9 Å². The van der Waals surface area contributed by atoms with E-state index < -0.39 is 4.92 Å². The van der Waals surface area contributed by atoms with Crippen LogP contribution >= 0.6 is 0 Å². The molecular formula is C18H16N4O2. The second-order valence-corrected chi connectivity index (χ2v) is 5.64. The quantitative estimate of drug-likeness (QED) is 0.550. The first-order chi connectivity index (χ1) is 11.6. The predicted molar refractivity (Wildman–Crippen MR) is 93.0 cm³/mol. The Bertz CT molecular complexity index is 953. The molecule has 3 aromatic rings. The predicted octanol–water partition coefficient (Wildman–Crippen LogP) is 3.91. The molecule has 0 aliphatic carbocycles. The van der Waals surface area contributed by atoms with Crippen molar-refractivity contribution in [1.82, 2.24) is 4.98 Å². The van der Waals surface area contributed by atoms with Crippen molar-refractivity contribution in [3.05, 3.63) is 69.4 Å². The highest BCUT2D eigenvalue weighted by molar-refractivity contribution is 5.83. The van der Waals surface area contributed by atoms with Crippen LogP contribution in [0.2, 0.25) is 0 Å². The number of nitro groups is 1. The lowest BCUT2D eigenvalue weighted by Gasteiger charge is -2.08. The van der Waals surface area contributed by atoms with E-state index in [2.05, 4.69) is 35.4 Å². The molecule has 0 atom stereocenters. The Morgan fingerprint density at radius 1 is 1.29 bits per heavy atom. The molecule has 0 saturated carbocycles. The summed E-state index contributed by atoms with van der Waals surface area (Å²) in [6.07, 6.45) is 2.78. The zero-order valence-electron chi connectivity index (χ0n) is 13.2. The number of non-ortho nitro benzene ring substituents is 1. The Morgan fingerprint density at radius 2 is 2.12 bits per heavy atom. The van der Waals surface area contributed by atoms with E-state index in [-0.39, 0.29) is 11.3 Å². The van der Waals surface area contributed by atoms with E-state index in [1.54, 1.807) is 6.07 Å². The third-order valence-electron chi connectivity index (χ3n) is 3.97. The molecule has 0 unspecified atom stereocenters. The molecule has 2 N–H and O–H groups in total. The zero-order chi connectivity index (χ0) is 17.1. The van der Waals surface area contributed by atoms with Gasteiger partial charge in [-0.15, -0.1) is 0 Å². The molecule has 1 aromatic heterocycles. The Hall–Kier alpha value is -3.33. The normalized spacial score (nSPS) is 10.5. The summed E-state index contributed by atoms with van der Waals surface area (Å²) < 4.78 is 0. The highest BCUT2D eigenvalue weighted by Gasteiger charge is 2.10. The maximum Gasteiger partial charge on any atom is 0.270 e. The third kappa shape index (κ3) is 3.06. The summed E-state index contributed by atoms with van der Waals surface area (Å²) in [4.78, 5) is 13.5. The maximum absolute atomic E-state index is 10.8. The summed E-state index contributed by atoms with van der Waals surface area (Å²) in [6.45, 7) is 2.69. The molecule has 6 heteroatoms. The lowest BCUT2D eigenvalue weighted by atomic mass is 10.1. The average Bonchev–Trinajstić information content (AvgIpc) is 2.97. The topological polar surface area (TPSA) is 94.8 Å². The minimum absolute atomic E-state index is 0.0794. The number of hydrogen-bond acceptors (Lipinski definition) is 4. The van der Waals surface area contributed by atoms with Gasteiger partial charge >= 0.3 is 0 Å². The summed E-state index contributed by atoms with van der Waals surface area (Å²) >= 11 is 0. The van der Waals surface area contributed by atoms with Crippen molar-refractivity contribution in [2.45, 2.75) is 13.3 Å². The average molecular weight is 320 g/mol. The number of benzene rings is 2. The van der Waals surface area contributed by atoms with Crippen molar-refractivity contribution in [2.75, 3.05) is 11.9 Å². The van der Waals surface area contributed by atoms with Crippen LogP contribution in [0.15, 0.2) is 42.6 Å². The van der Waals surface area contributed by atoms with E-state index in [1.165, 1.54) is 28.6 Å². The van der Waals surface area contributed by atoms with Crippen LogP contribution < -0.4 is 5.32 Å². The number of H-pyrrole nitrogens is 1. The van der Waals surface area contributed by atoms with Crippen molar-refractivity contribution in [3.63, 3.8) is 0 Å². The van der Waals surface area contributed by atoms with Crippen LogP contribution in [0.5, 0.6) is 0 Å².